The van der Waals surface area contributed by atoms with Crippen LogP contribution in [0.25, 0.3) is 0 Å². The second-order valence-corrected chi connectivity index (χ2v) is 5.04. The summed E-state index contributed by atoms with van der Waals surface area (Å²) in [7, 11) is 0. The van der Waals surface area contributed by atoms with Gasteiger partial charge in [0.25, 0.3) is 0 Å². The van der Waals surface area contributed by atoms with Gasteiger partial charge in [-0.2, -0.15) is 0 Å². The number of benzene rings is 2. The van der Waals surface area contributed by atoms with Gasteiger partial charge in [-0.05, 0) is 30.7 Å². The highest BCUT2D eigenvalue weighted by Gasteiger charge is 2.15. The number of halogens is 1. The first kappa shape index (κ1) is 14.5. The minimum absolute atomic E-state index is 0.0942. The quantitative estimate of drug-likeness (QED) is 0.670. The van der Waals surface area contributed by atoms with E-state index in [9.17, 15) is 15.2 Å². The second-order valence-electron chi connectivity index (χ2n) is 4.19. The Balaban J connectivity index is 2.31. The van der Waals surface area contributed by atoms with E-state index in [0.29, 0.717) is 10.2 Å². The molecule has 20 heavy (non-hydrogen) atoms. The van der Waals surface area contributed by atoms with Gasteiger partial charge in [0.15, 0.2) is 0 Å². The molecule has 0 aromatic heterocycles. The molecule has 0 aliphatic rings. The number of rotatable bonds is 4. The van der Waals surface area contributed by atoms with E-state index in [1.165, 1.54) is 12.1 Å². The highest BCUT2D eigenvalue weighted by molar-refractivity contribution is 9.10. The zero-order valence-corrected chi connectivity index (χ0v) is 12.2. The van der Waals surface area contributed by atoms with Crippen molar-refractivity contribution in [2.24, 2.45) is 0 Å². The van der Waals surface area contributed by atoms with Crippen LogP contribution in [-0.4, -0.2) is 10.0 Å². The summed E-state index contributed by atoms with van der Waals surface area (Å²) < 4.78 is 6.22. The summed E-state index contributed by atoms with van der Waals surface area (Å²) in [6, 6.07) is 11.2. The fraction of sp³-hybridized carbons (Fsp3) is 0.143. The Morgan fingerprint density at radius 3 is 2.60 bits per heavy atom. The van der Waals surface area contributed by atoms with Gasteiger partial charge in [0.05, 0.1) is 11.0 Å². The van der Waals surface area contributed by atoms with Crippen molar-refractivity contribution in [2.75, 3.05) is 0 Å². The predicted octanol–water partition coefficient (Wildman–Crippen LogP) is 4.20. The van der Waals surface area contributed by atoms with E-state index in [1.54, 1.807) is 37.3 Å². The maximum atomic E-state index is 10.9. The molecule has 2 rings (SSSR count). The lowest BCUT2D eigenvalue weighted by atomic mass is 10.1. The van der Waals surface area contributed by atoms with Gasteiger partial charge in [0, 0.05) is 10.5 Å². The fourth-order valence-electron chi connectivity index (χ4n) is 1.73. The average Bonchev–Trinajstić information content (AvgIpc) is 2.38. The lowest BCUT2D eigenvalue weighted by molar-refractivity contribution is -0.385. The zero-order chi connectivity index (χ0) is 14.7. The van der Waals surface area contributed by atoms with Crippen LogP contribution in [0, 0.1) is 10.1 Å². The summed E-state index contributed by atoms with van der Waals surface area (Å²) >= 11 is 3.33. The van der Waals surface area contributed by atoms with Gasteiger partial charge in [-0.1, -0.05) is 34.1 Å². The van der Waals surface area contributed by atoms with Crippen LogP contribution in [0.15, 0.2) is 46.9 Å². The van der Waals surface area contributed by atoms with Crippen molar-refractivity contribution < 1.29 is 14.8 Å². The third-order valence-corrected chi connectivity index (χ3v) is 3.40. The molecule has 104 valence electrons. The molecule has 1 atom stereocenters. The topological polar surface area (TPSA) is 72.6 Å². The first-order chi connectivity index (χ1) is 9.49. The summed E-state index contributed by atoms with van der Waals surface area (Å²) in [5.41, 5.74) is 0.628. The van der Waals surface area contributed by atoms with Gasteiger partial charge in [-0.25, -0.2) is 0 Å². The van der Waals surface area contributed by atoms with Gasteiger partial charge in [0.2, 0.25) is 5.75 Å². The maximum Gasteiger partial charge on any atom is 0.311 e. The molecule has 5 nitrogen and oxygen atoms in total. The van der Waals surface area contributed by atoms with Crippen molar-refractivity contribution in [1.29, 1.82) is 0 Å². The predicted molar refractivity (Wildman–Crippen MR) is 77.9 cm³/mol. The average molecular weight is 338 g/mol. The Bertz CT molecular complexity index is 643. The molecule has 0 aliphatic carbocycles. The SMILES string of the molecule is CC(O)c1ccc(Oc2ccccc2[N+](=O)[O-])cc1Br. The number of ether oxygens (including phenoxy) is 1. The molecular weight excluding hydrogens is 326 g/mol. The van der Waals surface area contributed by atoms with Crippen LogP contribution in [0.3, 0.4) is 0 Å². The summed E-state index contributed by atoms with van der Waals surface area (Å²) in [4.78, 5) is 10.4. The van der Waals surface area contributed by atoms with Gasteiger partial charge in [-0.3, -0.25) is 10.1 Å². The number of aliphatic hydroxyl groups excluding tert-OH is 1. The molecule has 0 heterocycles. The van der Waals surface area contributed by atoms with Crippen LogP contribution in [0.1, 0.15) is 18.6 Å². The van der Waals surface area contributed by atoms with Crippen LogP contribution < -0.4 is 4.74 Å². The highest BCUT2D eigenvalue weighted by atomic mass is 79.9. The molecule has 0 spiro atoms. The second kappa shape index (κ2) is 6.02. The normalized spacial score (nSPS) is 11.9. The third kappa shape index (κ3) is 3.15. The molecule has 2 aromatic carbocycles. The number of para-hydroxylation sites is 2. The minimum Gasteiger partial charge on any atom is -0.450 e. The summed E-state index contributed by atoms with van der Waals surface area (Å²) in [5, 5.41) is 20.4. The van der Waals surface area contributed by atoms with Crippen molar-refractivity contribution in [3.05, 3.63) is 62.6 Å². The summed E-state index contributed by atoms with van der Waals surface area (Å²) in [6.07, 6.45) is -0.607. The summed E-state index contributed by atoms with van der Waals surface area (Å²) in [5.74, 6) is 0.629. The van der Waals surface area contributed by atoms with Crippen molar-refractivity contribution >= 4 is 21.6 Å². The number of nitro benzene ring substituents is 1. The lowest BCUT2D eigenvalue weighted by Gasteiger charge is -2.10. The Kier molecular flexibility index (Phi) is 4.36. The molecule has 1 unspecified atom stereocenters. The first-order valence-electron chi connectivity index (χ1n) is 5.88. The van der Waals surface area contributed by atoms with E-state index in [4.69, 9.17) is 4.74 Å². The van der Waals surface area contributed by atoms with E-state index in [1.807, 2.05) is 0 Å². The Morgan fingerprint density at radius 2 is 2.00 bits per heavy atom. The first-order valence-corrected chi connectivity index (χ1v) is 6.67. The van der Waals surface area contributed by atoms with Crippen LogP contribution in [-0.2, 0) is 0 Å². The lowest BCUT2D eigenvalue weighted by Crippen LogP contribution is -1.95. The molecule has 0 amide bonds. The van der Waals surface area contributed by atoms with Crippen molar-refractivity contribution in [3.8, 4) is 11.5 Å². The van der Waals surface area contributed by atoms with Gasteiger partial charge < -0.3 is 9.84 Å². The molecule has 0 saturated heterocycles. The van der Waals surface area contributed by atoms with Crippen LogP contribution in [0.4, 0.5) is 5.69 Å². The molecule has 0 bridgehead atoms. The van der Waals surface area contributed by atoms with Gasteiger partial charge >= 0.3 is 5.69 Å². The summed E-state index contributed by atoms with van der Waals surface area (Å²) in [6.45, 7) is 1.66. The van der Waals surface area contributed by atoms with Gasteiger partial charge in [0.1, 0.15) is 5.75 Å². The van der Waals surface area contributed by atoms with Crippen molar-refractivity contribution in [2.45, 2.75) is 13.0 Å². The molecule has 2 aromatic rings. The van der Waals surface area contributed by atoms with E-state index >= 15 is 0 Å². The van der Waals surface area contributed by atoms with Crippen LogP contribution in [0.5, 0.6) is 11.5 Å². The fourth-order valence-corrected chi connectivity index (χ4v) is 2.42. The highest BCUT2D eigenvalue weighted by Crippen LogP contribution is 2.34. The van der Waals surface area contributed by atoms with Crippen molar-refractivity contribution in [3.63, 3.8) is 0 Å². The van der Waals surface area contributed by atoms with Crippen LogP contribution in [0.2, 0.25) is 0 Å². The molecule has 6 heteroatoms. The van der Waals surface area contributed by atoms with Crippen molar-refractivity contribution in [1.82, 2.24) is 0 Å². The van der Waals surface area contributed by atoms with E-state index < -0.39 is 11.0 Å². The van der Waals surface area contributed by atoms with E-state index in [2.05, 4.69) is 15.9 Å². The smallest absolute Gasteiger partial charge is 0.311 e. The largest absolute Gasteiger partial charge is 0.450 e. The number of nitro groups is 1. The number of hydrogen-bond donors (Lipinski definition) is 1. The van der Waals surface area contributed by atoms with Crippen LogP contribution >= 0.6 is 15.9 Å². The molecule has 0 fully saturated rings. The Morgan fingerprint density at radius 1 is 1.30 bits per heavy atom. The maximum absolute atomic E-state index is 10.9. The minimum atomic E-state index is -0.607. The monoisotopic (exact) mass is 337 g/mol. The standard InChI is InChI=1S/C14H12BrNO4/c1-9(17)11-7-6-10(8-12(11)15)20-14-5-3-2-4-13(14)16(18)19/h2-9,17H,1H3. The molecular formula is C14H12BrNO4. The van der Waals surface area contributed by atoms with Gasteiger partial charge in [-0.15, -0.1) is 0 Å². The number of nitrogens with zero attached hydrogens (tertiary/aromatic N) is 1. The third-order valence-electron chi connectivity index (χ3n) is 2.71. The molecule has 0 saturated carbocycles. The number of hydrogen-bond acceptors (Lipinski definition) is 4. The molecule has 0 aliphatic heterocycles. The van der Waals surface area contributed by atoms with E-state index in [0.717, 1.165) is 5.56 Å². The number of aliphatic hydroxyl groups is 1. The molecule has 0 radical (unpaired) electrons. The van der Waals surface area contributed by atoms with E-state index in [-0.39, 0.29) is 11.4 Å². The zero-order valence-electron chi connectivity index (χ0n) is 10.6. The Labute approximate surface area is 124 Å². The Hall–Kier alpha value is -1.92. The molecule has 1 N–H and O–H groups in total.